The predicted molar refractivity (Wildman–Crippen MR) is 125 cm³/mol. The molecule has 0 bridgehead atoms. The molecule has 0 unspecified atom stereocenters. The molecule has 5 heteroatoms. The van der Waals surface area contributed by atoms with Gasteiger partial charge < -0.3 is 14.9 Å². The molecule has 4 rings (SSSR count). The molecular weight excluding hydrogens is 400 g/mol. The molecule has 0 atom stereocenters. The normalized spacial score (nSPS) is 10.9. The van der Waals surface area contributed by atoms with Gasteiger partial charge in [-0.25, -0.2) is 0 Å². The molecule has 0 aliphatic rings. The number of fused-ring (bicyclic) bond motifs is 1. The van der Waals surface area contributed by atoms with Gasteiger partial charge in [-0.15, -0.1) is 0 Å². The van der Waals surface area contributed by atoms with E-state index in [0.29, 0.717) is 29.9 Å². The largest absolute Gasteiger partial charge is 0.487 e. The predicted octanol–water partition coefficient (Wildman–Crippen LogP) is 4.53. The molecule has 0 fully saturated rings. The zero-order valence-corrected chi connectivity index (χ0v) is 18.1. The monoisotopic (exact) mass is 426 g/mol. The lowest BCUT2D eigenvalue weighted by molar-refractivity contribution is -0.114. The average molecular weight is 427 g/mol. The van der Waals surface area contributed by atoms with Gasteiger partial charge >= 0.3 is 0 Å². The van der Waals surface area contributed by atoms with Gasteiger partial charge in [-0.2, -0.15) is 0 Å². The Hall–Kier alpha value is -3.86. The molecule has 0 saturated carbocycles. The van der Waals surface area contributed by atoms with Crippen LogP contribution in [0.1, 0.15) is 39.7 Å². The van der Waals surface area contributed by atoms with E-state index < -0.39 is 11.7 Å². The zero-order valence-electron chi connectivity index (χ0n) is 18.1. The SMILES string of the molecule is CCc1c(C(=O)C(N)=O)c2c(OCc3ccccc3)cccn2c1CCc1ccccc1. The van der Waals surface area contributed by atoms with E-state index in [1.165, 1.54) is 5.56 Å². The number of primary amides is 1. The molecule has 0 aliphatic carbocycles. The van der Waals surface area contributed by atoms with Crippen LogP contribution in [0.4, 0.5) is 0 Å². The highest BCUT2D eigenvalue weighted by molar-refractivity contribution is 6.44. The van der Waals surface area contributed by atoms with Crippen LogP contribution in [0.15, 0.2) is 79.0 Å². The van der Waals surface area contributed by atoms with Crippen molar-refractivity contribution in [2.24, 2.45) is 5.73 Å². The van der Waals surface area contributed by atoms with Gasteiger partial charge in [0.25, 0.3) is 11.7 Å². The number of hydrogen-bond acceptors (Lipinski definition) is 3. The number of nitrogens with zero attached hydrogens (tertiary/aromatic N) is 1. The Kier molecular flexibility index (Phi) is 6.36. The number of carbonyl (C=O) groups is 2. The van der Waals surface area contributed by atoms with Crippen molar-refractivity contribution in [3.8, 4) is 5.75 Å². The van der Waals surface area contributed by atoms with E-state index in [2.05, 4.69) is 12.1 Å². The van der Waals surface area contributed by atoms with E-state index in [-0.39, 0.29) is 0 Å². The van der Waals surface area contributed by atoms with Gasteiger partial charge in [0.1, 0.15) is 12.4 Å². The highest BCUT2D eigenvalue weighted by Crippen LogP contribution is 2.33. The Morgan fingerprint density at radius 2 is 1.53 bits per heavy atom. The van der Waals surface area contributed by atoms with Gasteiger partial charge in [0.05, 0.1) is 11.1 Å². The van der Waals surface area contributed by atoms with E-state index in [1.54, 1.807) is 0 Å². The molecule has 0 saturated heterocycles. The Morgan fingerprint density at radius 3 is 2.16 bits per heavy atom. The van der Waals surface area contributed by atoms with Crippen LogP contribution in [0.3, 0.4) is 0 Å². The van der Waals surface area contributed by atoms with Gasteiger partial charge in [0.15, 0.2) is 0 Å². The molecule has 4 aromatic rings. The molecule has 2 aromatic carbocycles. The summed E-state index contributed by atoms with van der Waals surface area (Å²) in [7, 11) is 0. The Balaban J connectivity index is 1.80. The van der Waals surface area contributed by atoms with Crippen LogP contribution in [0, 0.1) is 0 Å². The summed E-state index contributed by atoms with van der Waals surface area (Å²) in [6, 6.07) is 23.8. The number of ketones is 1. The van der Waals surface area contributed by atoms with Crippen molar-refractivity contribution in [2.75, 3.05) is 0 Å². The van der Waals surface area contributed by atoms with Gasteiger partial charge in [-0.05, 0) is 48.1 Å². The quantitative estimate of drug-likeness (QED) is 0.316. The summed E-state index contributed by atoms with van der Waals surface area (Å²) in [5, 5.41) is 0. The maximum atomic E-state index is 12.9. The number of amides is 1. The third kappa shape index (κ3) is 4.28. The van der Waals surface area contributed by atoms with Crippen molar-refractivity contribution < 1.29 is 14.3 Å². The Morgan fingerprint density at radius 1 is 0.875 bits per heavy atom. The number of rotatable bonds is 9. The minimum Gasteiger partial charge on any atom is -0.487 e. The summed E-state index contributed by atoms with van der Waals surface area (Å²) in [5.41, 5.74) is 10.5. The summed E-state index contributed by atoms with van der Waals surface area (Å²) in [6.45, 7) is 2.35. The van der Waals surface area contributed by atoms with Crippen LogP contribution in [0.5, 0.6) is 5.75 Å². The maximum Gasteiger partial charge on any atom is 0.289 e. The topological polar surface area (TPSA) is 73.8 Å². The standard InChI is InChI=1S/C27H26N2O3/c1-2-21-22(16-15-19-10-5-3-6-11-19)29-17-9-14-23(25(29)24(21)26(30)27(28)31)32-18-20-12-7-4-8-13-20/h3-14,17H,2,15-16,18H2,1H3,(H2,28,31). The van der Waals surface area contributed by atoms with Crippen LogP contribution in [-0.2, 0) is 30.7 Å². The molecule has 2 heterocycles. The van der Waals surface area contributed by atoms with Gasteiger partial charge in [0.2, 0.25) is 0 Å². The van der Waals surface area contributed by atoms with Crippen molar-refractivity contribution in [3.63, 3.8) is 0 Å². The van der Waals surface area contributed by atoms with E-state index in [1.807, 2.05) is 78.2 Å². The lowest BCUT2D eigenvalue weighted by Gasteiger charge is -2.10. The fraction of sp³-hybridized carbons (Fsp3) is 0.185. The number of aromatic nitrogens is 1. The van der Waals surface area contributed by atoms with Crippen molar-refractivity contribution in [1.82, 2.24) is 4.40 Å². The van der Waals surface area contributed by atoms with Crippen LogP contribution in [-0.4, -0.2) is 16.1 Å². The molecular formula is C27H26N2O3. The summed E-state index contributed by atoms with van der Waals surface area (Å²) >= 11 is 0. The van der Waals surface area contributed by atoms with Crippen molar-refractivity contribution in [1.29, 1.82) is 0 Å². The number of Topliss-reactive ketones (excluding diaryl/α,β-unsaturated/α-hetero) is 1. The fourth-order valence-electron chi connectivity index (χ4n) is 4.17. The second-order valence-corrected chi connectivity index (χ2v) is 7.70. The molecule has 5 nitrogen and oxygen atoms in total. The molecule has 2 aromatic heterocycles. The number of aryl methyl sites for hydroxylation is 2. The molecule has 0 aliphatic heterocycles. The molecule has 1 amide bonds. The Labute approximate surface area is 187 Å². The van der Waals surface area contributed by atoms with Crippen molar-refractivity contribution in [3.05, 3.63) is 107 Å². The summed E-state index contributed by atoms with van der Waals surface area (Å²) in [6.07, 6.45) is 4.07. The summed E-state index contributed by atoms with van der Waals surface area (Å²) < 4.78 is 8.11. The fourth-order valence-corrected chi connectivity index (χ4v) is 4.17. The minimum absolute atomic E-state index is 0.353. The van der Waals surface area contributed by atoms with Crippen LogP contribution in [0.25, 0.3) is 5.52 Å². The molecule has 32 heavy (non-hydrogen) atoms. The first-order valence-electron chi connectivity index (χ1n) is 10.8. The Bertz CT molecular complexity index is 1240. The molecule has 0 radical (unpaired) electrons. The van der Waals surface area contributed by atoms with E-state index >= 15 is 0 Å². The van der Waals surface area contributed by atoms with E-state index in [9.17, 15) is 9.59 Å². The number of nitrogens with two attached hydrogens (primary N) is 1. The minimum atomic E-state index is -0.959. The van der Waals surface area contributed by atoms with Crippen molar-refractivity contribution >= 4 is 17.2 Å². The first kappa shape index (κ1) is 21.4. The number of benzene rings is 2. The lowest BCUT2D eigenvalue weighted by Crippen LogP contribution is -2.24. The zero-order chi connectivity index (χ0) is 22.5. The third-order valence-corrected chi connectivity index (χ3v) is 5.67. The van der Waals surface area contributed by atoms with E-state index in [0.717, 1.165) is 29.7 Å². The van der Waals surface area contributed by atoms with Crippen LogP contribution >= 0.6 is 0 Å². The average Bonchev–Trinajstić information content (AvgIpc) is 3.16. The highest BCUT2D eigenvalue weighted by atomic mass is 16.5. The number of ether oxygens (including phenoxy) is 1. The van der Waals surface area contributed by atoms with Gasteiger partial charge in [-0.1, -0.05) is 67.6 Å². The smallest absolute Gasteiger partial charge is 0.289 e. The van der Waals surface area contributed by atoms with Gasteiger partial charge in [-0.3, -0.25) is 9.59 Å². The van der Waals surface area contributed by atoms with Crippen LogP contribution in [0.2, 0.25) is 0 Å². The third-order valence-electron chi connectivity index (χ3n) is 5.67. The van der Waals surface area contributed by atoms with E-state index in [4.69, 9.17) is 10.5 Å². The second-order valence-electron chi connectivity index (χ2n) is 7.70. The summed E-state index contributed by atoms with van der Waals surface area (Å²) in [4.78, 5) is 24.8. The lowest BCUT2D eigenvalue weighted by atomic mass is 9.99. The van der Waals surface area contributed by atoms with Crippen molar-refractivity contribution in [2.45, 2.75) is 32.8 Å². The van der Waals surface area contributed by atoms with Crippen LogP contribution < -0.4 is 10.5 Å². The van der Waals surface area contributed by atoms with Gasteiger partial charge in [0, 0.05) is 11.9 Å². The molecule has 162 valence electrons. The molecule has 0 spiro atoms. The highest BCUT2D eigenvalue weighted by Gasteiger charge is 2.27. The molecule has 2 N–H and O–H groups in total. The summed E-state index contributed by atoms with van der Waals surface area (Å²) in [5.74, 6) is -1.08. The maximum absolute atomic E-state index is 12.9. The number of pyridine rings is 1. The first-order valence-corrected chi connectivity index (χ1v) is 10.8. The first-order chi connectivity index (χ1) is 15.6. The second kappa shape index (κ2) is 9.52. The number of carbonyl (C=O) groups excluding carboxylic acids is 2. The number of hydrogen-bond donors (Lipinski definition) is 1.